The van der Waals surface area contributed by atoms with Crippen molar-refractivity contribution in [1.29, 1.82) is 0 Å². The van der Waals surface area contributed by atoms with Crippen LogP contribution in [0.4, 0.5) is 0 Å². The first kappa shape index (κ1) is 18.6. The lowest BCUT2D eigenvalue weighted by Crippen LogP contribution is -2.10. The Hall–Kier alpha value is -3.21. The predicted octanol–water partition coefficient (Wildman–Crippen LogP) is 4.83. The van der Waals surface area contributed by atoms with Gasteiger partial charge in [0.2, 0.25) is 0 Å². The van der Waals surface area contributed by atoms with Crippen molar-refractivity contribution in [2.45, 2.75) is 34.3 Å². The van der Waals surface area contributed by atoms with Crippen LogP contribution in [-0.4, -0.2) is 16.7 Å². The molecule has 138 valence electrons. The molecule has 0 atom stereocenters. The summed E-state index contributed by atoms with van der Waals surface area (Å²) in [7, 11) is 0. The number of Topliss-reactive ketones (excluding diaryl/α,β-unsaturated/α-hetero) is 1. The summed E-state index contributed by atoms with van der Waals surface area (Å²) >= 11 is 0. The summed E-state index contributed by atoms with van der Waals surface area (Å²) in [6.45, 7) is 7.45. The molecular formula is C22H21NO4. The van der Waals surface area contributed by atoms with E-state index in [9.17, 15) is 9.59 Å². The molecule has 5 heteroatoms. The number of carbonyl (C=O) groups excluding carboxylic acids is 2. The molecule has 0 unspecified atom stereocenters. The van der Waals surface area contributed by atoms with Crippen LogP contribution in [0.1, 0.15) is 49.9 Å². The molecule has 2 aromatic carbocycles. The van der Waals surface area contributed by atoms with Crippen LogP contribution in [0.5, 0.6) is 0 Å². The highest BCUT2D eigenvalue weighted by molar-refractivity contribution is 5.97. The summed E-state index contributed by atoms with van der Waals surface area (Å²) in [4.78, 5) is 28.2. The van der Waals surface area contributed by atoms with Gasteiger partial charge >= 0.3 is 5.97 Å². The van der Waals surface area contributed by atoms with E-state index in [-0.39, 0.29) is 12.4 Å². The molecule has 1 aromatic heterocycles. The zero-order valence-electron chi connectivity index (χ0n) is 15.8. The second-order valence-corrected chi connectivity index (χ2v) is 6.56. The molecule has 1 heterocycles. The fourth-order valence-electron chi connectivity index (χ4n) is 3.34. The lowest BCUT2D eigenvalue weighted by molar-refractivity contribution is 0.0471. The Morgan fingerprint density at radius 2 is 1.78 bits per heavy atom. The number of aryl methyl sites for hydroxylation is 2. The van der Waals surface area contributed by atoms with Gasteiger partial charge in [0.15, 0.2) is 17.9 Å². The smallest absolute Gasteiger partial charge is 0.338 e. The zero-order valence-corrected chi connectivity index (χ0v) is 15.8. The summed E-state index contributed by atoms with van der Waals surface area (Å²) < 4.78 is 10.7. The van der Waals surface area contributed by atoms with E-state index < -0.39 is 5.97 Å². The predicted molar refractivity (Wildman–Crippen MR) is 102 cm³/mol. The molecule has 0 saturated heterocycles. The van der Waals surface area contributed by atoms with Gasteiger partial charge in [0.25, 0.3) is 0 Å². The summed E-state index contributed by atoms with van der Waals surface area (Å²) in [5.41, 5.74) is 5.67. The number of carbonyl (C=O) groups is 2. The van der Waals surface area contributed by atoms with Gasteiger partial charge in [-0.05, 0) is 62.1 Å². The number of benzene rings is 2. The van der Waals surface area contributed by atoms with Crippen LogP contribution in [0.3, 0.4) is 0 Å². The molecule has 0 aliphatic carbocycles. The fourth-order valence-corrected chi connectivity index (χ4v) is 3.34. The quantitative estimate of drug-likeness (QED) is 0.480. The van der Waals surface area contributed by atoms with E-state index in [1.54, 1.807) is 37.4 Å². The van der Waals surface area contributed by atoms with Gasteiger partial charge < -0.3 is 9.15 Å². The number of hydrogen-bond acceptors (Lipinski definition) is 5. The molecule has 3 rings (SSSR count). The third kappa shape index (κ3) is 3.82. The van der Waals surface area contributed by atoms with E-state index in [0.29, 0.717) is 16.9 Å². The first-order valence-corrected chi connectivity index (χ1v) is 8.65. The molecule has 0 aliphatic rings. The van der Waals surface area contributed by atoms with Crippen molar-refractivity contribution in [2.75, 3.05) is 0 Å². The minimum atomic E-state index is -0.414. The number of nitrogens with zero attached hydrogens (tertiary/aromatic N) is 1. The molecule has 0 amide bonds. The van der Waals surface area contributed by atoms with Gasteiger partial charge in [-0.25, -0.2) is 9.78 Å². The van der Waals surface area contributed by atoms with Gasteiger partial charge in [-0.1, -0.05) is 18.2 Å². The van der Waals surface area contributed by atoms with Crippen molar-refractivity contribution in [3.05, 3.63) is 76.3 Å². The summed E-state index contributed by atoms with van der Waals surface area (Å²) in [5.74, 6) is 0.237. The second kappa shape index (κ2) is 7.58. The van der Waals surface area contributed by atoms with Crippen LogP contribution < -0.4 is 0 Å². The van der Waals surface area contributed by atoms with Crippen LogP contribution in [0, 0.1) is 20.8 Å². The van der Waals surface area contributed by atoms with E-state index in [1.807, 2.05) is 26.8 Å². The fraction of sp³-hybridized carbons (Fsp3) is 0.227. The number of hydrogen-bond donors (Lipinski definition) is 0. The highest BCUT2D eigenvalue weighted by Crippen LogP contribution is 2.24. The van der Waals surface area contributed by atoms with E-state index in [1.165, 1.54) is 6.39 Å². The monoisotopic (exact) mass is 363 g/mol. The lowest BCUT2D eigenvalue weighted by Gasteiger charge is -2.16. The molecular weight excluding hydrogens is 342 g/mol. The molecule has 0 spiro atoms. The van der Waals surface area contributed by atoms with Crippen LogP contribution >= 0.6 is 0 Å². The molecule has 27 heavy (non-hydrogen) atoms. The Kier molecular flexibility index (Phi) is 5.21. The zero-order chi connectivity index (χ0) is 19.6. The van der Waals surface area contributed by atoms with Crippen LogP contribution in [0.2, 0.25) is 0 Å². The Bertz CT molecular complexity index is 986. The normalized spacial score (nSPS) is 10.7. The maximum atomic E-state index is 12.4. The molecule has 0 aliphatic heterocycles. The largest absolute Gasteiger partial charge is 0.457 e. The maximum Gasteiger partial charge on any atom is 0.338 e. The van der Waals surface area contributed by atoms with Crippen molar-refractivity contribution in [3.63, 3.8) is 0 Å². The Morgan fingerprint density at radius 3 is 2.37 bits per heavy atom. The topological polar surface area (TPSA) is 69.4 Å². The van der Waals surface area contributed by atoms with E-state index in [2.05, 4.69) is 4.98 Å². The SMILES string of the molecule is CC(=O)c1c(C)cc(C)c(COC(=O)c2ccc(-c3cnco3)cc2)c1C. The van der Waals surface area contributed by atoms with Crippen LogP contribution in [0.25, 0.3) is 11.3 Å². The van der Waals surface area contributed by atoms with Gasteiger partial charge in [-0.2, -0.15) is 0 Å². The molecule has 0 fully saturated rings. The first-order valence-electron chi connectivity index (χ1n) is 8.65. The molecule has 0 radical (unpaired) electrons. The molecule has 3 aromatic rings. The standard InChI is InChI=1S/C22H21NO4/c1-13-9-14(2)21(16(4)24)15(3)19(13)11-26-22(25)18-7-5-17(6-8-18)20-10-23-12-27-20/h5-10,12H,11H2,1-4H3. The average Bonchev–Trinajstić information content (AvgIpc) is 3.15. The highest BCUT2D eigenvalue weighted by Gasteiger charge is 2.16. The van der Waals surface area contributed by atoms with E-state index in [0.717, 1.165) is 27.8 Å². The lowest BCUT2D eigenvalue weighted by atomic mass is 9.92. The van der Waals surface area contributed by atoms with Gasteiger partial charge in [-0.3, -0.25) is 4.79 Å². The average molecular weight is 363 g/mol. The first-order chi connectivity index (χ1) is 12.9. The van der Waals surface area contributed by atoms with Crippen molar-refractivity contribution in [1.82, 2.24) is 4.98 Å². The maximum absolute atomic E-state index is 12.4. The van der Waals surface area contributed by atoms with Gasteiger partial charge in [-0.15, -0.1) is 0 Å². The molecule has 0 bridgehead atoms. The molecule has 0 N–H and O–H groups in total. The third-order valence-electron chi connectivity index (χ3n) is 4.67. The number of ether oxygens (including phenoxy) is 1. The van der Waals surface area contributed by atoms with Gasteiger partial charge in [0.05, 0.1) is 11.8 Å². The van der Waals surface area contributed by atoms with E-state index >= 15 is 0 Å². The summed E-state index contributed by atoms with van der Waals surface area (Å²) in [6.07, 6.45) is 2.97. The second-order valence-electron chi connectivity index (χ2n) is 6.56. The Balaban J connectivity index is 1.76. The summed E-state index contributed by atoms with van der Waals surface area (Å²) in [6, 6.07) is 8.91. The molecule has 0 saturated carbocycles. The molecule has 5 nitrogen and oxygen atoms in total. The van der Waals surface area contributed by atoms with E-state index in [4.69, 9.17) is 9.15 Å². The number of aromatic nitrogens is 1. The highest BCUT2D eigenvalue weighted by atomic mass is 16.5. The Labute approximate surface area is 158 Å². The van der Waals surface area contributed by atoms with Crippen molar-refractivity contribution in [2.24, 2.45) is 0 Å². The number of oxazole rings is 1. The van der Waals surface area contributed by atoms with Crippen molar-refractivity contribution < 1.29 is 18.7 Å². The van der Waals surface area contributed by atoms with Crippen LogP contribution in [-0.2, 0) is 11.3 Å². The third-order valence-corrected chi connectivity index (χ3v) is 4.67. The number of rotatable bonds is 5. The van der Waals surface area contributed by atoms with Crippen LogP contribution in [0.15, 0.2) is 47.3 Å². The minimum Gasteiger partial charge on any atom is -0.457 e. The number of esters is 1. The van der Waals surface area contributed by atoms with Gasteiger partial charge in [0, 0.05) is 11.1 Å². The van der Waals surface area contributed by atoms with Crippen molar-refractivity contribution >= 4 is 11.8 Å². The summed E-state index contributed by atoms with van der Waals surface area (Å²) in [5, 5.41) is 0. The minimum absolute atomic E-state index is 0.0144. The number of ketones is 1. The Morgan fingerprint density at radius 1 is 1.07 bits per heavy atom. The van der Waals surface area contributed by atoms with Crippen molar-refractivity contribution in [3.8, 4) is 11.3 Å². The van der Waals surface area contributed by atoms with Gasteiger partial charge in [0.1, 0.15) is 6.61 Å².